The van der Waals surface area contributed by atoms with Gasteiger partial charge in [-0.3, -0.25) is 14.7 Å². The zero-order valence-electron chi connectivity index (χ0n) is 23.5. The van der Waals surface area contributed by atoms with Crippen LogP contribution in [-0.2, 0) is 5.41 Å². The molecule has 0 aliphatic carbocycles. The van der Waals surface area contributed by atoms with E-state index in [4.69, 9.17) is 4.98 Å². The number of fused-ring (bicyclic) bond motifs is 3. The maximum Gasteiger partial charge on any atom is 0.255 e. The zero-order chi connectivity index (χ0) is 27.1. The van der Waals surface area contributed by atoms with Crippen molar-refractivity contribution < 1.29 is 4.79 Å². The van der Waals surface area contributed by atoms with Gasteiger partial charge in [0.1, 0.15) is 5.82 Å². The summed E-state index contributed by atoms with van der Waals surface area (Å²) in [6.45, 7) is 4.90. The first-order valence-electron chi connectivity index (χ1n) is 15.1. The number of amides is 1. The summed E-state index contributed by atoms with van der Waals surface area (Å²) in [5, 5.41) is 0. The normalized spacial score (nSPS) is 24.4. The lowest BCUT2D eigenvalue weighted by atomic mass is 9.70. The predicted molar refractivity (Wildman–Crippen MR) is 158 cm³/mol. The van der Waals surface area contributed by atoms with Crippen molar-refractivity contribution in [2.24, 2.45) is 0 Å². The summed E-state index contributed by atoms with van der Waals surface area (Å²) in [6.07, 6.45) is 11.6. The molecule has 206 valence electrons. The van der Waals surface area contributed by atoms with Crippen LogP contribution in [0.15, 0.2) is 79.1 Å². The van der Waals surface area contributed by atoms with Gasteiger partial charge in [-0.1, -0.05) is 42.5 Å². The largest absolute Gasteiger partial charge is 0.339 e. The first-order valence-corrected chi connectivity index (χ1v) is 15.1. The molecule has 2 bridgehead atoms. The molecule has 6 heteroatoms. The minimum atomic E-state index is 0.109. The Hall–Kier alpha value is -3.51. The van der Waals surface area contributed by atoms with Gasteiger partial charge in [0, 0.05) is 43.6 Å². The second kappa shape index (κ2) is 10.5. The minimum Gasteiger partial charge on any atom is -0.339 e. The number of carbonyl (C=O) groups excluding carboxylic acids is 1. The fourth-order valence-corrected chi connectivity index (χ4v) is 8.07. The van der Waals surface area contributed by atoms with Gasteiger partial charge in [-0.15, -0.1) is 0 Å². The number of aryl methyl sites for hydroxylation is 1. The Morgan fingerprint density at radius 3 is 2.35 bits per heavy atom. The number of aromatic nitrogens is 3. The summed E-state index contributed by atoms with van der Waals surface area (Å²) >= 11 is 0. The summed E-state index contributed by atoms with van der Waals surface area (Å²) < 4.78 is 2.53. The summed E-state index contributed by atoms with van der Waals surface area (Å²) in [6, 6.07) is 25.2. The molecule has 2 aromatic carbocycles. The van der Waals surface area contributed by atoms with Crippen LogP contribution in [0.5, 0.6) is 0 Å². The lowest BCUT2D eigenvalue weighted by Crippen LogP contribution is -2.49. The van der Waals surface area contributed by atoms with E-state index >= 15 is 0 Å². The van der Waals surface area contributed by atoms with Crippen molar-refractivity contribution >= 4 is 16.9 Å². The van der Waals surface area contributed by atoms with E-state index in [0.29, 0.717) is 23.7 Å². The first kappa shape index (κ1) is 25.5. The molecular formula is C34H39N5O. The molecule has 3 atom stereocenters. The van der Waals surface area contributed by atoms with Crippen LogP contribution in [-0.4, -0.2) is 62.0 Å². The van der Waals surface area contributed by atoms with Crippen LogP contribution in [0, 0.1) is 6.92 Å². The molecule has 6 nitrogen and oxygen atoms in total. The molecule has 0 spiro atoms. The predicted octanol–water partition coefficient (Wildman–Crippen LogP) is 6.17. The highest BCUT2D eigenvalue weighted by Crippen LogP contribution is 2.45. The first-order chi connectivity index (χ1) is 19.6. The Bertz CT molecular complexity index is 1460. The smallest absolute Gasteiger partial charge is 0.255 e. The van der Waals surface area contributed by atoms with Gasteiger partial charge in [-0.25, -0.2) is 4.98 Å². The van der Waals surface area contributed by atoms with Gasteiger partial charge in [-0.2, -0.15) is 0 Å². The van der Waals surface area contributed by atoms with Gasteiger partial charge in [0.2, 0.25) is 0 Å². The summed E-state index contributed by atoms with van der Waals surface area (Å²) in [4.78, 5) is 27.1. The van der Waals surface area contributed by atoms with Crippen LogP contribution >= 0.6 is 0 Å². The highest BCUT2D eigenvalue weighted by Gasteiger charge is 2.44. The van der Waals surface area contributed by atoms with Crippen LogP contribution < -0.4 is 0 Å². The van der Waals surface area contributed by atoms with Crippen molar-refractivity contribution in [3.8, 4) is 0 Å². The van der Waals surface area contributed by atoms with Crippen LogP contribution in [0.1, 0.15) is 72.7 Å². The van der Waals surface area contributed by atoms with E-state index in [1.165, 1.54) is 36.8 Å². The molecule has 1 amide bonds. The van der Waals surface area contributed by atoms with Crippen molar-refractivity contribution in [2.45, 2.75) is 75.4 Å². The highest BCUT2D eigenvalue weighted by atomic mass is 16.2. The third kappa shape index (κ3) is 4.52. The maximum absolute atomic E-state index is 13.2. The molecule has 2 aromatic heterocycles. The monoisotopic (exact) mass is 533 g/mol. The SMILES string of the molecule is Cc1nc2ccccc2n1C1C[C@H]2CC[C@@H](C1)N2CCC1(c2ccccc2)CCN(C(=O)c2cccnc2)CC1. The Morgan fingerprint density at radius 2 is 1.62 bits per heavy atom. The number of pyridine rings is 1. The van der Waals surface area contributed by atoms with E-state index in [1.54, 1.807) is 12.4 Å². The molecule has 3 aliphatic heterocycles. The lowest BCUT2D eigenvalue weighted by Gasteiger charge is -2.45. The molecule has 3 fully saturated rings. The topological polar surface area (TPSA) is 54.3 Å². The Kier molecular flexibility index (Phi) is 6.67. The third-order valence-electron chi connectivity index (χ3n) is 10.1. The van der Waals surface area contributed by atoms with E-state index in [0.717, 1.165) is 50.2 Å². The standard InChI is InChI=1S/C34H39N5O/c1-25-36-31-11-5-6-12-32(31)39(25)30-22-28-13-14-29(23-30)38(28)21-17-34(27-9-3-2-4-10-27)15-19-37(20-16-34)33(40)26-8-7-18-35-24-26/h2-12,18,24,28-30H,13-17,19-23H2,1H3/t28-,29+,30?. The number of piperidine rings is 2. The molecule has 0 N–H and O–H groups in total. The van der Waals surface area contributed by atoms with Crippen LogP contribution in [0.2, 0.25) is 0 Å². The molecule has 0 saturated carbocycles. The fraction of sp³-hybridized carbons (Fsp3) is 0.441. The highest BCUT2D eigenvalue weighted by molar-refractivity contribution is 5.94. The molecule has 3 aliphatic rings. The second-order valence-corrected chi connectivity index (χ2v) is 12.2. The molecular weight excluding hydrogens is 494 g/mol. The van der Waals surface area contributed by atoms with Gasteiger partial charge in [0.05, 0.1) is 16.6 Å². The van der Waals surface area contributed by atoms with Crippen molar-refractivity contribution in [3.05, 3.63) is 96.1 Å². The van der Waals surface area contributed by atoms with Gasteiger partial charge in [0.15, 0.2) is 0 Å². The minimum absolute atomic E-state index is 0.109. The molecule has 1 unspecified atom stereocenters. The maximum atomic E-state index is 13.2. The fourth-order valence-electron chi connectivity index (χ4n) is 8.07. The number of rotatable bonds is 6. The van der Waals surface area contributed by atoms with Crippen molar-refractivity contribution in [1.82, 2.24) is 24.3 Å². The zero-order valence-corrected chi connectivity index (χ0v) is 23.5. The van der Waals surface area contributed by atoms with Gasteiger partial charge in [0.25, 0.3) is 5.91 Å². The molecule has 5 heterocycles. The average molecular weight is 534 g/mol. The molecule has 3 saturated heterocycles. The number of hydrogen-bond donors (Lipinski definition) is 0. The molecule has 40 heavy (non-hydrogen) atoms. The number of hydrogen-bond acceptors (Lipinski definition) is 4. The number of likely N-dealkylation sites (tertiary alicyclic amines) is 1. The molecule has 7 rings (SSSR count). The van der Waals surface area contributed by atoms with Crippen LogP contribution in [0.4, 0.5) is 0 Å². The Balaban J connectivity index is 1.07. The third-order valence-corrected chi connectivity index (χ3v) is 10.1. The lowest BCUT2D eigenvalue weighted by molar-refractivity contribution is 0.0606. The Labute approximate surface area is 237 Å². The summed E-state index contributed by atoms with van der Waals surface area (Å²) in [5.41, 5.74) is 4.64. The Morgan fingerprint density at radius 1 is 0.900 bits per heavy atom. The number of para-hydroxylation sites is 2. The average Bonchev–Trinajstić information content (AvgIpc) is 3.47. The van der Waals surface area contributed by atoms with Gasteiger partial charge in [-0.05, 0) is 93.7 Å². The van der Waals surface area contributed by atoms with E-state index in [1.807, 2.05) is 17.0 Å². The van der Waals surface area contributed by atoms with Crippen molar-refractivity contribution in [2.75, 3.05) is 19.6 Å². The van der Waals surface area contributed by atoms with E-state index in [9.17, 15) is 4.79 Å². The molecule has 0 radical (unpaired) electrons. The summed E-state index contributed by atoms with van der Waals surface area (Å²) in [5.74, 6) is 1.26. The van der Waals surface area contributed by atoms with Crippen molar-refractivity contribution in [3.63, 3.8) is 0 Å². The van der Waals surface area contributed by atoms with Crippen LogP contribution in [0.3, 0.4) is 0 Å². The van der Waals surface area contributed by atoms with E-state index in [2.05, 4.69) is 76.0 Å². The number of imidazole rings is 1. The van der Waals surface area contributed by atoms with E-state index < -0.39 is 0 Å². The van der Waals surface area contributed by atoms with Gasteiger partial charge >= 0.3 is 0 Å². The number of nitrogens with zero attached hydrogens (tertiary/aromatic N) is 5. The second-order valence-electron chi connectivity index (χ2n) is 12.2. The molecule has 4 aromatic rings. The number of carbonyl (C=O) groups is 1. The van der Waals surface area contributed by atoms with Crippen LogP contribution in [0.25, 0.3) is 11.0 Å². The van der Waals surface area contributed by atoms with Gasteiger partial charge < -0.3 is 9.47 Å². The van der Waals surface area contributed by atoms with Crippen molar-refractivity contribution in [1.29, 1.82) is 0 Å². The number of benzene rings is 2. The summed E-state index contributed by atoms with van der Waals surface area (Å²) in [7, 11) is 0. The van der Waals surface area contributed by atoms with E-state index in [-0.39, 0.29) is 11.3 Å². The quantitative estimate of drug-likeness (QED) is 0.297.